The number of para-hydroxylation sites is 1. The highest BCUT2D eigenvalue weighted by atomic mass is 16.6. The van der Waals surface area contributed by atoms with Gasteiger partial charge in [0, 0.05) is 35.2 Å². The zero-order valence-corrected chi connectivity index (χ0v) is 17.7. The largest absolute Gasteiger partial charge is 0.464 e. The van der Waals surface area contributed by atoms with Crippen LogP contribution in [0.4, 0.5) is 5.69 Å². The molecule has 0 bridgehead atoms. The molecule has 1 atom stereocenters. The van der Waals surface area contributed by atoms with E-state index >= 15 is 0 Å². The molecule has 0 fully saturated rings. The summed E-state index contributed by atoms with van der Waals surface area (Å²) >= 11 is 0. The Bertz CT molecular complexity index is 1170. The first kappa shape index (κ1) is 21.5. The Kier molecular flexibility index (Phi) is 5.67. The van der Waals surface area contributed by atoms with Gasteiger partial charge in [-0.25, -0.2) is 9.59 Å². The number of esters is 2. The first-order valence-corrected chi connectivity index (χ1v) is 10.4. The third kappa shape index (κ3) is 3.50. The number of H-pyrrole nitrogens is 1. The third-order valence-corrected chi connectivity index (χ3v) is 5.65. The van der Waals surface area contributed by atoms with Gasteiger partial charge in [-0.15, -0.1) is 0 Å². The number of fused-ring (bicyclic) bond motifs is 3. The van der Waals surface area contributed by atoms with Crippen molar-refractivity contribution in [3.63, 3.8) is 0 Å². The molecule has 1 aromatic heterocycles. The van der Waals surface area contributed by atoms with Crippen LogP contribution in [0.2, 0.25) is 0 Å². The molecular formula is C23H23N3O6. The maximum Gasteiger partial charge on any atom is 0.338 e. The molecule has 2 heterocycles. The van der Waals surface area contributed by atoms with Crippen LogP contribution < -0.4 is 5.32 Å². The van der Waals surface area contributed by atoms with Gasteiger partial charge in [0.05, 0.1) is 24.2 Å². The van der Waals surface area contributed by atoms with Gasteiger partial charge in [-0.2, -0.15) is 0 Å². The Labute approximate surface area is 183 Å². The van der Waals surface area contributed by atoms with E-state index in [2.05, 4.69) is 10.3 Å². The van der Waals surface area contributed by atoms with Gasteiger partial charge in [0.2, 0.25) is 5.54 Å². The highest BCUT2D eigenvalue weighted by Crippen LogP contribution is 2.39. The molecule has 9 heteroatoms. The van der Waals surface area contributed by atoms with Crippen LogP contribution in [0.3, 0.4) is 0 Å². The molecule has 32 heavy (non-hydrogen) atoms. The van der Waals surface area contributed by atoms with E-state index in [0.29, 0.717) is 5.56 Å². The van der Waals surface area contributed by atoms with Crippen molar-refractivity contribution in [3.05, 3.63) is 75.5 Å². The molecule has 3 aromatic rings. The van der Waals surface area contributed by atoms with Crippen molar-refractivity contribution in [1.82, 2.24) is 10.3 Å². The second-order valence-electron chi connectivity index (χ2n) is 7.51. The molecule has 0 unspecified atom stereocenters. The van der Waals surface area contributed by atoms with Gasteiger partial charge >= 0.3 is 11.9 Å². The van der Waals surface area contributed by atoms with Gasteiger partial charge in [0.15, 0.2) is 0 Å². The van der Waals surface area contributed by atoms with Crippen molar-refractivity contribution < 1.29 is 24.0 Å². The van der Waals surface area contributed by atoms with Crippen LogP contribution in [0.1, 0.15) is 36.7 Å². The lowest BCUT2D eigenvalue weighted by Crippen LogP contribution is -2.64. The molecule has 1 aliphatic rings. The molecular weight excluding hydrogens is 414 g/mol. The minimum absolute atomic E-state index is 0.0491. The van der Waals surface area contributed by atoms with E-state index in [1.165, 1.54) is 12.1 Å². The average molecular weight is 437 g/mol. The Morgan fingerprint density at radius 2 is 1.69 bits per heavy atom. The zero-order chi connectivity index (χ0) is 22.9. The molecule has 2 aromatic carbocycles. The number of carbonyl (C=O) groups is 2. The Morgan fingerprint density at radius 1 is 1.06 bits per heavy atom. The Balaban J connectivity index is 1.91. The summed E-state index contributed by atoms with van der Waals surface area (Å²) in [5.41, 5.74) is 1.28. The summed E-state index contributed by atoms with van der Waals surface area (Å²) in [4.78, 5) is 40.3. The number of nitrogens with zero attached hydrogens (tertiary/aromatic N) is 1. The van der Waals surface area contributed by atoms with E-state index in [9.17, 15) is 19.7 Å². The highest BCUT2D eigenvalue weighted by molar-refractivity contribution is 6.06. The SMILES string of the molecule is CCOC(=O)C1(C(=O)OCC)Cc2c([nH]c3ccccc23)[C@@H](c2ccc([N+](=O)[O-])cc2)N1. The normalized spacial score (nSPS) is 16.9. The monoisotopic (exact) mass is 437 g/mol. The number of aromatic nitrogens is 1. The van der Waals surface area contributed by atoms with E-state index in [1.807, 2.05) is 24.3 Å². The van der Waals surface area contributed by atoms with Gasteiger partial charge in [-0.1, -0.05) is 30.3 Å². The summed E-state index contributed by atoms with van der Waals surface area (Å²) in [6, 6.07) is 13.0. The first-order chi connectivity index (χ1) is 15.4. The van der Waals surface area contributed by atoms with E-state index < -0.39 is 28.4 Å². The molecule has 2 N–H and O–H groups in total. The molecule has 0 aliphatic carbocycles. The van der Waals surface area contributed by atoms with Crippen LogP contribution in [0.25, 0.3) is 10.9 Å². The van der Waals surface area contributed by atoms with E-state index in [0.717, 1.165) is 22.2 Å². The van der Waals surface area contributed by atoms with Crippen LogP contribution >= 0.6 is 0 Å². The predicted molar refractivity (Wildman–Crippen MR) is 116 cm³/mol. The second kappa shape index (κ2) is 8.43. The summed E-state index contributed by atoms with van der Waals surface area (Å²) < 4.78 is 10.6. The molecule has 166 valence electrons. The highest BCUT2D eigenvalue weighted by Gasteiger charge is 2.54. The summed E-state index contributed by atoms with van der Waals surface area (Å²) in [6.07, 6.45) is 0.0491. The lowest BCUT2D eigenvalue weighted by molar-refractivity contribution is -0.384. The van der Waals surface area contributed by atoms with Gasteiger partial charge in [0.1, 0.15) is 0 Å². The van der Waals surface area contributed by atoms with Crippen LogP contribution in [-0.2, 0) is 25.5 Å². The lowest BCUT2D eigenvalue weighted by Gasteiger charge is -2.38. The topological polar surface area (TPSA) is 124 Å². The number of hydrogen-bond acceptors (Lipinski definition) is 7. The van der Waals surface area contributed by atoms with Crippen molar-refractivity contribution >= 4 is 28.5 Å². The van der Waals surface area contributed by atoms with Crippen molar-refractivity contribution in [2.75, 3.05) is 13.2 Å². The second-order valence-corrected chi connectivity index (χ2v) is 7.51. The molecule has 4 rings (SSSR count). The van der Waals surface area contributed by atoms with Crippen LogP contribution in [0.15, 0.2) is 48.5 Å². The molecule has 9 nitrogen and oxygen atoms in total. The minimum Gasteiger partial charge on any atom is -0.464 e. The summed E-state index contributed by atoms with van der Waals surface area (Å²) in [5, 5.41) is 15.1. The number of nitro groups is 1. The standard InChI is InChI=1S/C23H23N3O6/c1-3-31-21(27)23(22(28)32-4-2)13-17-16-7-5-6-8-18(16)24-20(17)19(25-23)14-9-11-15(12-10-14)26(29)30/h5-12,19,24-25H,3-4,13H2,1-2H3/t19-/m1/s1. The van der Waals surface area contributed by atoms with Crippen molar-refractivity contribution in [3.8, 4) is 0 Å². The molecule has 0 radical (unpaired) electrons. The Morgan fingerprint density at radius 3 is 2.28 bits per heavy atom. The first-order valence-electron chi connectivity index (χ1n) is 10.4. The van der Waals surface area contributed by atoms with Crippen LogP contribution in [0, 0.1) is 10.1 Å². The fourth-order valence-electron chi connectivity index (χ4n) is 4.19. The van der Waals surface area contributed by atoms with Gasteiger partial charge in [-0.05, 0) is 31.0 Å². The molecule has 0 saturated heterocycles. The number of rotatable bonds is 6. The summed E-state index contributed by atoms with van der Waals surface area (Å²) in [6.45, 7) is 3.55. The molecule has 1 aliphatic heterocycles. The average Bonchev–Trinajstić information content (AvgIpc) is 3.17. The van der Waals surface area contributed by atoms with E-state index in [1.54, 1.807) is 26.0 Å². The van der Waals surface area contributed by atoms with Crippen molar-refractivity contribution in [2.45, 2.75) is 31.8 Å². The number of carbonyl (C=O) groups excluding carboxylic acids is 2. The summed E-state index contributed by atoms with van der Waals surface area (Å²) in [5.74, 6) is -1.44. The van der Waals surface area contributed by atoms with Crippen molar-refractivity contribution in [1.29, 1.82) is 0 Å². The maximum atomic E-state index is 13.1. The number of aromatic amines is 1. The maximum absolute atomic E-state index is 13.1. The molecule has 0 saturated carbocycles. The third-order valence-electron chi connectivity index (χ3n) is 5.65. The number of nitro benzene ring substituents is 1. The Hall–Kier alpha value is -3.72. The van der Waals surface area contributed by atoms with E-state index in [-0.39, 0.29) is 25.3 Å². The van der Waals surface area contributed by atoms with Gasteiger partial charge in [0.25, 0.3) is 5.69 Å². The smallest absolute Gasteiger partial charge is 0.338 e. The number of ether oxygens (including phenoxy) is 2. The summed E-state index contributed by atoms with van der Waals surface area (Å²) in [7, 11) is 0. The fourth-order valence-corrected chi connectivity index (χ4v) is 4.19. The lowest BCUT2D eigenvalue weighted by atomic mass is 9.81. The molecule has 0 amide bonds. The fraction of sp³-hybridized carbons (Fsp3) is 0.304. The minimum atomic E-state index is -1.75. The number of non-ortho nitro benzene ring substituents is 1. The zero-order valence-electron chi connectivity index (χ0n) is 17.7. The van der Waals surface area contributed by atoms with Crippen LogP contribution in [0.5, 0.6) is 0 Å². The van der Waals surface area contributed by atoms with Crippen LogP contribution in [-0.4, -0.2) is 40.6 Å². The predicted octanol–water partition coefficient (Wildman–Crippen LogP) is 3.18. The van der Waals surface area contributed by atoms with Crippen molar-refractivity contribution in [2.24, 2.45) is 0 Å². The van der Waals surface area contributed by atoms with Gasteiger partial charge in [-0.3, -0.25) is 15.4 Å². The number of benzene rings is 2. The van der Waals surface area contributed by atoms with E-state index in [4.69, 9.17) is 9.47 Å². The quantitative estimate of drug-likeness (QED) is 0.263. The van der Waals surface area contributed by atoms with Gasteiger partial charge < -0.3 is 14.5 Å². The number of nitrogens with one attached hydrogen (secondary N) is 2. The number of hydrogen-bond donors (Lipinski definition) is 2. The molecule has 0 spiro atoms.